The van der Waals surface area contributed by atoms with Gasteiger partial charge in [-0.15, -0.1) is 22.7 Å². The van der Waals surface area contributed by atoms with Crippen molar-refractivity contribution in [1.82, 2.24) is 19.9 Å². The van der Waals surface area contributed by atoms with E-state index in [1.54, 1.807) is 22.7 Å². The molecule has 10 aromatic carbocycles. The highest BCUT2D eigenvalue weighted by atomic mass is 32.1. The molecule has 4 nitrogen and oxygen atoms in total. The zero-order chi connectivity index (χ0) is 49.0. The summed E-state index contributed by atoms with van der Waals surface area (Å²) in [6.07, 6.45) is 0. The second-order valence-corrected chi connectivity index (χ2v) is 20.7. The van der Waals surface area contributed by atoms with E-state index in [2.05, 4.69) is 249 Å². The van der Waals surface area contributed by atoms with Crippen LogP contribution in [0, 0.1) is 0 Å². The van der Waals surface area contributed by atoms with Gasteiger partial charge in [0.15, 0.2) is 11.6 Å². The molecule has 0 aliphatic carbocycles. The molecule has 0 amide bonds. The summed E-state index contributed by atoms with van der Waals surface area (Å²) in [6.45, 7) is 0. The van der Waals surface area contributed by atoms with Crippen molar-refractivity contribution < 1.29 is 0 Å². The minimum Gasteiger partial charge on any atom is -0.226 e. The lowest BCUT2D eigenvalue weighted by Crippen LogP contribution is -1.94. The van der Waals surface area contributed by atoms with Crippen LogP contribution in [0.25, 0.3) is 142 Å². The topological polar surface area (TPSA) is 51.6 Å². The van der Waals surface area contributed by atoms with Crippen molar-refractivity contribution in [3.8, 4) is 101 Å². The number of aromatic nitrogens is 4. The Balaban J connectivity index is 0.797. The predicted molar refractivity (Wildman–Crippen MR) is 312 cm³/mol. The van der Waals surface area contributed by atoms with Crippen LogP contribution in [0.2, 0.25) is 0 Å². The van der Waals surface area contributed by atoms with Crippen LogP contribution in [0.15, 0.2) is 255 Å². The largest absolute Gasteiger partial charge is 0.226 e. The number of hydrogen-bond acceptors (Lipinski definition) is 6. The molecule has 14 rings (SSSR count). The maximum atomic E-state index is 5.35. The SMILES string of the molecule is c1ccc(-c2ccc(-c3nc(-c4cccc(-c5cccc(-c6cccc(-c7cccc(-c8nc(-c9ccc(-c%10ccccc%10)cc9)c9sc%10ccccc%10c9n8)c7)c6)c5)c4)c4sc5ccccc5c4n3)cc2)cc1. The number of benzene rings is 10. The van der Waals surface area contributed by atoms with Gasteiger partial charge in [0.2, 0.25) is 0 Å². The normalized spacial score (nSPS) is 11.5. The van der Waals surface area contributed by atoms with Crippen LogP contribution in [-0.2, 0) is 0 Å². The van der Waals surface area contributed by atoms with E-state index in [1.807, 2.05) is 6.07 Å². The third-order valence-corrected chi connectivity index (χ3v) is 16.3. The van der Waals surface area contributed by atoms with Crippen molar-refractivity contribution in [1.29, 1.82) is 0 Å². The quantitative estimate of drug-likeness (QED) is 0.145. The lowest BCUT2D eigenvalue weighted by molar-refractivity contribution is 1.24. The first-order chi connectivity index (χ1) is 36.6. The smallest absolute Gasteiger partial charge is 0.160 e. The molecule has 0 fully saturated rings. The second-order valence-electron chi connectivity index (χ2n) is 18.6. The first-order valence-corrected chi connectivity index (χ1v) is 26.4. The Hall–Kier alpha value is -9.20. The first-order valence-electron chi connectivity index (χ1n) is 24.8. The summed E-state index contributed by atoms with van der Waals surface area (Å²) in [7, 11) is 0. The number of hydrogen-bond donors (Lipinski definition) is 0. The lowest BCUT2D eigenvalue weighted by atomic mass is 9.95. The molecule has 0 saturated heterocycles. The highest BCUT2D eigenvalue weighted by Gasteiger charge is 2.20. The van der Waals surface area contributed by atoms with Crippen LogP contribution >= 0.6 is 22.7 Å². The highest BCUT2D eigenvalue weighted by Crippen LogP contribution is 2.43. The summed E-state index contributed by atoms with van der Waals surface area (Å²) < 4.78 is 4.58. The highest BCUT2D eigenvalue weighted by molar-refractivity contribution is 7.26. The van der Waals surface area contributed by atoms with Gasteiger partial charge in [-0.1, -0.05) is 218 Å². The third kappa shape index (κ3) is 8.03. The van der Waals surface area contributed by atoms with Gasteiger partial charge in [0.25, 0.3) is 0 Å². The third-order valence-electron chi connectivity index (χ3n) is 13.9. The van der Waals surface area contributed by atoms with E-state index < -0.39 is 0 Å². The van der Waals surface area contributed by atoms with Gasteiger partial charge in [0.1, 0.15) is 0 Å². The number of fused-ring (bicyclic) bond motifs is 6. The fraction of sp³-hybridized carbons (Fsp3) is 0. The van der Waals surface area contributed by atoms with Crippen molar-refractivity contribution in [2.45, 2.75) is 0 Å². The maximum absolute atomic E-state index is 5.35. The Morgan fingerprint density at radius 2 is 0.527 bits per heavy atom. The predicted octanol–water partition coefficient (Wildman–Crippen LogP) is 19.0. The molecule has 0 spiro atoms. The molecule has 0 bridgehead atoms. The molecule has 0 unspecified atom stereocenters. The molecular weight excluding hydrogens is 937 g/mol. The minimum absolute atomic E-state index is 0.708. The molecule has 346 valence electrons. The molecule has 4 heterocycles. The lowest BCUT2D eigenvalue weighted by Gasteiger charge is -2.12. The molecule has 0 radical (unpaired) electrons. The molecule has 0 atom stereocenters. The van der Waals surface area contributed by atoms with Gasteiger partial charge >= 0.3 is 0 Å². The standard InChI is InChI=1S/C68H42N4S2/c1-3-15-43(16-4-1)45-31-35-47(36-32-45)61-65-63(57-27-7-9-29-59(57)73-65)72-68(69-61)56-26-14-24-54(42-56)52-22-12-20-50(40-52)49-19-11-21-51(39-49)53-23-13-25-55(41-53)62-66-64(58-28-8-10-30-60(58)74-66)71-67(70-62)48-37-33-46(34-38-48)44-17-5-2-6-18-44/h1-42H. The number of nitrogens with zero attached hydrogens (tertiary/aromatic N) is 4. The van der Waals surface area contributed by atoms with Gasteiger partial charge in [-0.2, -0.15) is 0 Å². The number of thiophene rings is 2. The Labute approximate surface area is 436 Å². The van der Waals surface area contributed by atoms with E-state index in [9.17, 15) is 0 Å². The van der Waals surface area contributed by atoms with Gasteiger partial charge < -0.3 is 0 Å². The van der Waals surface area contributed by atoms with Crippen LogP contribution in [-0.4, -0.2) is 19.9 Å². The Bertz CT molecular complexity index is 4410. The van der Waals surface area contributed by atoms with E-state index in [0.717, 1.165) is 104 Å². The Kier molecular flexibility index (Phi) is 10.9. The summed E-state index contributed by atoms with van der Waals surface area (Å²) in [5.41, 5.74) is 19.4. The van der Waals surface area contributed by atoms with Crippen molar-refractivity contribution in [3.05, 3.63) is 255 Å². The molecular formula is C68H42N4S2. The summed E-state index contributed by atoms with van der Waals surface area (Å²) in [5.74, 6) is 1.42. The van der Waals surface area contributed by atoms with Crippen molar-refractivity contribution in [2.75, 3.05) is 0 Å². The summed E-state index contributed by atoms with van der Waals surface area (Å²) >= 11 is 3.51. The first kappa shape index (κ1) is 43.6. The summed E-state index contributed by atoms with van der Waals surface area (Å²) in [5, 5.41) is 2.29. The van der Waals surface area contributed by atoms with E-state index in [0.29, 0.717) is 11.6 Å². The van der Waals surface area contributed by atoms with Gasteiger partial charge in [-0.05, 0) is 92.0 Å². The zero-order valence-electron chi connectivity index (χ0n) is 39.9. The fourth-order valence-electron chi connectivity index (χ4n) is 10.2. The van der Waals surface area contributed by atoms with Crippen molar-refractivity contribution in [3.63, 3.8) is 0 Å². The maximum Gasteiger partial charge on any atom is 0.160 e. The summed E-state index contributed by atoms with van der Waals surface area (Å²) in [6, 6.07) is 90.6. The second kappa shape index (κ2) is 18.4. The molecule has 74 heavy (non-hydrogen) atoms. The average molecular weight is 979 g/mol. The molecule has 4 aromatic heterocycles. The van der Waals surface area contributed by atoms with Crippen molar-refractivity contribution >= 4 is 63.3 Å². The molecule has 0 aliphatic heterocycles. The molecule has 6 heteroatoms. The van der Waals surface area contributed by atoms with Gasteiger partial charge in [-0.25, -0.2) is 19.9 Å². The fourth-order valence-corrected chi connectivity index (χ4v) is 12.5. The van der Waals surface area contributed by atoms with Gasteiger partial charge in [0, 0.05) is 42.4 Å². The molecule has 0 saturated carbocycles. The van der Waals surface area contributed by atoms with E-state index >= 15 is 0 Å². The Morgan fingerprint density at radius 1 is 0.216 bits per heavy atom. The zero-order valence-corrected chi connectivity index (χ0v) is 41.5. The van der Waals surface area contributed by atoms with Gasteiger partial charge in [-0.3, -0.25) is 0 Å². The minimum atomic E-state index is 0.708. The number of rotatable bonds is 9. The monoisotopic (exact) mass is 978 g/mol. The van der Waals surface area contributed by atoms with Crippen LogP contribution in [0.3, 0.4) is 0 Å². The Morgan fingerprint density at radius 3 is 1.00 bits per heavy atom. The van der Waals surface area contributed by atoms with Crippen LogP contribution in [0.5, 0.6) is 0 Å². The molecule has 0 N–H and O–H groups in total. The molecule has 14 aromatic rings. The summed E-state index contributed by atoms with van der Waals surface area (Å²) in [4.78, 5) is 21.2. The average Bonchev–Trinajstić information content (AvgIpc) is 4.06. The van der Waals surface area contributed by atoms with E-state index in [1.165, 1.54) is 26.1 Å². The van der Waals surface area contributed by atoms with E-state index in [4.69, 9.17) is 19.9 Å². The van der Waals surface area contributed by atoms with Gasteiger partial charge in [0.05, 0.1) is 31.8 Å². The van der Waals surface area contributed by atoms with Crippen LogP contribution in [0.4, 0.5) is 0 Å². The molecule has 0 aliphatic rings. The van der Waals surface area contributed by atoms with Crippen molar-refractivity contribution in [2.24, 2.45) is 0 Å². The van der Waals surface area contributed by atoms with E-state index in [-0.39, 0.29) is 0 Å². The van der Waals surface area contributed by atoms with Crippen LogP contribution in [0.1, 0.15) is 0 Å². The van der Waals surface area contributed by atoms with Crippen LogP contribution < -0.4 is 0 Å².